The number of nitrogens with one attached hydrogen (secondary N) is 1. The van der Waals surface area contributed by atoms with E-state index in [-0.39, 0.29) is 11.7 Å². The van der Waals surface area contributed by atoms with E-state index in [2.05, 4.69) is 5.32 Å². The summed E-state index contributed by atoms with van der Waals surface area (Å²) in [4.78, 5) is 13.6. The van der Waals surface area contributed by atoms with E-state index in [9.17, 15) is 9.18 Å². The highest BCUT2D eigenvalue weighted by atomic mass is 32.1. The quantitative estimate of drug-likeness (QED) is 0.665. The molecule has 1 aromatic carbocycles. The number of amides is 1. The zero-order valence-electron chi connectivity index (χ0n) is 10.4. The minimum Gasteiger partial charge on any atom is -0.349 e. The topological polar surface area (TPSA) is 32.3 Å². The van der Waals surface area contributed by atoms with E-state index in [0.29, 0.717) is 5.11 Å². The number of hydrogen-bond donors (Lipinski definition) is 1. The average molecular weight is 278 g/mol. The van der Waals surface area contributed by atoms with Crippen molar-refractivity contribution in [3.05, 3.63) is 41.7 Å². The van der Waals surface area contributed by atoms with Crippen LogP contribution < -0.4 is 5.32 Å². The molecule has 2 rings (SSSR count). The van der Waals surface area contributed by atoms with Crippen LogP contribution >= 0.6 is 12.2 Å². The number of carbonyl (C=O) groups excluding carboxylic acids is 1. The molecule has 1 aliphatic rings. The molecule has 1 heterocycles. The first kappa shape index (κ1) is 13.7. The molecule has 0 bridgehead atoms. The number of rotatable bonds is 2. The third kappa shape index (κ3) is 4.13. The van der Waals surface area contributed by atoms with Crippen LogP contribution in [0.5, 0.6) is 0 Å². The Morgan fingerprint density at radius 3 is 2.53 bits per heavy atom. The Morgan fingerprint density at radius 2 is 1.89 bits per heavy atom. The van der Waals surface area contributed by atoms with Crippen molar-refractivity contribution >= 4 is 29.3 Å². The van der Waals surface area contributed by atoms with Crippen LogP contribution in [0.2, 0.25) is 0 Å². The maximum Gasteiger partial charge on any atom is 0.250 e. The van der Waals surface area contributed by atoms with E-state index >= 15 is 0 Å². The van der Waals surface area contributed by atoms with Crippen molar-refractivity contribution in [1.29, 1.82) is 0 Å². The van der Waals surface area contributed by atoms with Crippen molar-refractivity contribution in [2.24, 2.45) is 0 Å². The minimum absolute atomic E-state index is 0.263. The molecule has 1 amide bonds. The van der Waals surface area contributed by atoms with Crippen molar-refractivity contribution in [3.63, 3.8) is 0 Å². The second-order valence-electron chi connectivity index (χ2n) is 4.37. The first-order valence-corrected chi connectivity index (χ1v) is 6.59. The van der Waals surface area contributed by atoms with Crippen LogP contribution in [0.1, 0.15) is 18.4 Å². The summed E-state index contributed by atoms with van der Waals surface area (Å²) in [6.45, 7) is 1.81. The molecule has 1 saturated heterocycles. The van der Waals surface area contributed by atoms with Crippen molar-refractivity contribution < 1.29 is 9.18 Å². The van der Waals surface area contributed by atoms with Crippen molar-refractivity contribution in [3.8, 4) is 0 Å². The minimum atomic E-state index is -0.295. The SMILES string of the molecule is O=C(/C=C/c1ccc(F)cc1)NC(=S)N1CCCC1. The fourth-order valence-electron chi connectivity index (χ4n) is 1.89. The molecule has 100 valence electrons. The van der Waals surface area contributed by atoms with Crippen molar-refractivity contribution in [2.75, 3.05) is 13.1 Å². The van der Waals surface area contributed by atoms with Gasteiger partial charge in [0.05, 0.1) is 0 Å². The van der Waals surface area contributed by atoms with Gasteiger partial charge >= 0.3 is 0 Å². The van der Waals surface area contributed by atoms with E-state index in [4.69, 9.17) is 12.2 Å². The van der Waals surface area contributed by atoms with Crippen LogP contribution in [0.3, 0.4) is 0 Å². The van der Waals surface area contributed by atoms with Gasteiger partial charge in [-0.3, -0.25) is 10.1 Å². The molecule has 1 fully saturated rings. The predicted octanol–water partition coefficient (Wildman–Crippen LogP) is 2.34. The normalized spacial score (nSPS) is 14.9. The van der Waals surface area contributed by atoms with Crippen molar-refractivity contribution in [1.82, 2.24) is 10.2 Å². The summed E-state index contributed by atoms with van der Waals surface area (Å²) in [5, 5.41) is 3.14. The fourth-order valence-corrected chi connectivity index (χ4v) is 2.18. The lowest BCUT2D eigenvalue weighted by Crippen LogP contribution is -2.40. The maximum absolute atomic E-state index is 12.7. The number of halogens is 1. The van der Waals surface area contributed by atoms with Gasteiger partial charge in [0.15, 0.2) is 5.11 Å². The van der Waals surface area contributed by atoms with Crippen LogP contribution in [0.25, 0.3) is 6.08 Å². The molecule has 0 saturated carbocycles. The lowest BCUT2D eigenvalue weighted by molar-refractivity contribution is -0.115. The third-order valence-electron chi connectivity index (χ3n) is 2.92. The van der Waals surface area contributed by atoms with Gasteiger partial charge in [0, 0.05) is 19.2 Å². The van der Waals surface area contributed by atoms with Gasteiger partial charge in [-0.05, 0) is 48.8 Å². The second-order valence-corrected chi connectivity index (χ2v) is 4.76. The Morgan fingerprint density at radius 1 is 1.26 bits per heavy atom. The molecular weight excluding hydrogens is 263 g/mol. The maximum atomic E-state index is 12.7. The first-order chi connectivity index (χ1) is 9.15. The zero-order chi connectivity index (χ0) is 13.7. The predicted molar refractivity (Wildman–Crippen MR) is 77.0 cm³/mol. The number of carbonyl (C=O) groups is 1. The molecule has 1 aliphatic heterocycles. The molecule has 1 N–H and O–H groups in total. The summed E-state index contributed by atoms with van der Waals surface area (Å²) in [6, 6.07) is 5.93. The Kier molecular flexibility index (Phi) is 4.63. The van der Waals surface area contributed by atoms with E-state index in [0.717, 1.165) is 31.5 Å². The van der Waals surface area contributed by atoms with E-state index in [1.807, 2.05) is 4.90 Å². The molecule has 0 spiro atoms. The molecule has 0 radical (unpaired) electrons. The summed E-state index contributed by atoms with van der Waals surface area (Å²) in [6.07, 6.45) is 5.25. The van der Waals surface area contributed by atoms with Gasteiger partial charge in [0.25, 0.3) is 0 Å². The van der Waals surface area contributed by atoms with Gasteiger partial charge in [-0.1, -0.05) is 12.1 Å². The Bertz CT molecular complexity index is 493. The lowest BCUT2D eigenvalue weighted by Gasteiger charge is -2.17. The highest BCUT2D eigenvalue weighted by Crippen LogP contribution is 2.07. The Balaban J connectivity index is 1.86. The summed E-state index contributed by atoms with van der Waals surface area (Å²) in [5.74, 6) is -0.557. The molecular formula is C14H15FN2OS. The molecule has 1 aromatic rings. The van der Waals surface area contributed by atoms with Gasteiger partial charge < -0.3 is 4.90 Å². The van der Waals surface area contributed by atoms with Crippen LogP contribution in [0.4, 0.5) is 4.39 Å². The first-order valence-electron chi connectivity index (χ1n) is 6.19. The van der Waals surface area contributed by atoms with Gasteiger partial charge in [0.1, 0.15) is 5.82 Å². The van der Waals surface area contributed by atoms with Crippen LogP contribution in [0, 0.1) is 5.82 Å². The highest BCUT2D eigenvalue weighted by molar-refractivity contribution is 7.80. The largest absolute Gasteiger partial charge is 0.349 e. The van der Waals surface area contributed by atoms with Gasteiger partial charge in [-0.2, -0.15) is 0 Å². The summed E-state index contributed by atoms with van der Waals surface area (Å²) >= 11 is 5.15. The molecule has 0 atom stereocenters. The summed E-state index contributed by atoms with van der Waals surface area (Å²) in [5.41, 5.74) is 0.767. The van der Waals surface area contributed by atoms with Crippen LogP contribution in [-0.4, -0.2) is 29.0 Å². The number of thiocarbonyl (C=S) groups is 1. The average Bonchev–Trinajstić information content (AvgIpc) is 2.92. The molecule has 0 aliphatic carbocycles. The van der Waals surface area contributed by atoms with Crippen LogP contribution in [0.15, 0.2) is 30.3 Å². The Labute approximate surface area is 117 Å². The molecule has 3 nitrogen and oxygen atoms in total. The lowest BCUT2D eigenvalue weighted by atomic mass is 10.2. The van der Waals surface area contributed by atoms with Crippen LogP contribution in [-0.2, 0) is 4.79 Å². The monoisotopic (exact) mass is 278 g/mol. The zero-order valence-corrected chi connectivity index (χ0v) is 11.3. The van der Waals surface area contributed by atoms with Crippen molar-refractivity contribution in [2.45, 2.75) is 12.8 Å². The standard InChI is InChI=1S/C14H15FN2OS/c15-12-6-3-11(4-7-12)5-8-13(18)16-14(19)17-9-1-2-10-17/h3-8H,1-2,9-10H2,(H,16,18,19)/b8-5+. The molecule has 19 heavy (non-hydrogen) atoms. The third-order valence-corrected chi connectivity index (χ3v) is 3.28. The van der Waals surface area contributed by atoms with Gasteiger partial charge in [-0.15, -0.1) is 0 Å². The molecule has 0 unspecified atom stereocenters. The molecule has 5 heteroatoms. The van der Waals surface area contributed by atoms with E-state index < -0.39 is 0 Å². The van der Waals surface area contributed by atoms with E-state index in [1.165, 1.54) is 18.2 Å². The molecule has 0 aromatic heterocycles. The van der Waals surface area contributed by atoms with E-state index in [1.54, 1.807) is 18.2 Å². The summed E-state index contributed by atoms with van der Waals surface area (Å²) < 4.78 is 12.7. The van der Waals surface area contributed by atoms with Gasteiger partial charge in [-0.25, -0.2) is 4.39 Å². The number of nitrogens with zero attached hydrogens (tertiary/aromatic N) is 1. The number of benzene rings is 1. The second kappa shape index (κ2) is 6.43. The van der Waals surface area contributed by atoms with Gasteiger partial charge in [0.2, 0.25) is 5.91 Å². The fraction of sp³-hybridized carbons (Fsp3) is 0.286. The summed E-state index contributed by atoms with van der Waals surface area (Å²) in [7, 11) is 0. The number of likely N-dealkylation sites (tertiary alicyclic amines) is 1. The smallest absolute Gasteiger partial charge is 0.250 e. The Hall–Kier alpha value is -1.75. The number of hydrogen-bond acceptors (Lipinski definition) is 2. The highest BCUT2D eigenvalue weighted by Gasteiger charge is 2.15.